The van der Waals surface area contributed by atoms with Crippen molar-refractivity contribution >= 4 is 11.9 Å². The van der Waals surface area contributed by atoms with Crippen molar-refractivity contribution in [1.82, 2.24) is 9.78 Å². The number of alkyl halides is 3. The van der Waals surface area contributed by atoms with Gasteiger partial charge in [-0.05, 0) is 37.6 Å². The Labute approximate surface area is 126 Å². The molecule has 2 aromatic rings. The lowest BCUT2D eigenvalue weighted by atomic mass is 10.1. The summed E-state index contributed by atoms with van der Waals surface area (Å²) in [5, 5.41) is 4.07. The highest BCUT2D eigenvalue weighted by atomic mass is 19.4. The quantitative estimate of drug-likeness (QED) is 0.620. The van der Waals surface area contributed by atoms with Crippen LogP contribution in [-0.4, -0.2) is 15.6 Å². The zero-order valence-corrected chi connectivity index (χ0v) is 12.1. The Bertz CT molecular complexity index is 682. The summed E-state index contributed by atoms with van der Waals surface area (Å²) in [6.07, 6.45) is 1.56. The highest BCUT2D eigenvalue weighted by molar-refractivity contribution is 6.06. The largest absolute Gasteiger partial charge is 0.416 e. The van der Waals surface area contributed by atoms with Crippen LogP contribution < -0.4 is 0 Å². The van der Waals surface area contributed by atoms with Gasteiger partial charge in [-0.2, -0.15) is 18.3 Å². The van der Waals surface area contributed by atoms with Crippen LogP contribution >= 0.6 is 0 Å². The highest BCUT2D eigenvalue weighted by Gasteiger charge is 2.29. The number of carbonyl (C=O) groups is 1. The van der Waals surface area contributed by atoms with E-state index < -0.39 is 11.7 Å². The SMILES string of the molecule is CC(C)n1cc(C(=O)/C=C/c2ccc(C(F)(F)F)cc2)cn1. The summed E-state index contributed by atoms with van der Waals surface area (Å²) >= 11 is 0. The topological polar surface area (TPSA) is 34.9 Å². The molecule has 0 saturated carbocycles. The van der Waals surface area contributed by atoms with E-state index in [9.17, 15) is 18.0 Å². The van der Waals surface area contributed by atoms with E-state index in [2.05, 4.69) is 5.10 Å². The van der Waals surface area contributed by atoms with Crippen molar-refractivity contribution in [2.75, 3.05) is 0 Å². The standard InChI is InChI=1S/C16H15F3N2O/c1-11(2)21-10-13(9-20-21)15(22)8-5-12-3-6-14(7-4-12)16(17,18)19/h3-11H,1-2H3/b8-5+. The summed E-state index contributed by atoms with van der Waals surface area (Å²) in [6, 6.07) is 4.77. The van der Waals surface area contributed by atoms with Crippen LogP contribution in [0.4, 0.5) is 13.2 Å². The lowest BCUT2D eigenvalue weighted by Crippen LogP contribution is -2.04. The maximum atomic E-state index is 12.4. The first-order valence-electron chi connectivity index (χ1n) is 6.71. The number of allylic oxidation sites excluding steroid dienone is 1. The molecule has 0 aliphatic carbocycles. The van der Waals surface area contributed by atoms with Gasteiger partial charge in [0.1, 0.15) is 0 Å². The summed E-state index contributed by atoms with van der Waals surface area (Å²) < 4.78 is 39.0. The third kappa shape index (κ3) is 3.84. The van der Waals surface area contributed by atoms with Crippen LogP contribution in [0.15, 0.2) is 42.7 Å². The summed E-state index contributed by atoms with van der Waals surface area (Å²) in [7, 11) is 0. The number of hydrogen-bond acceptors (Lipinski definition) is 2. The molecule has 0 aliphatic heterocycles. The first kappa shape index (κ1) is 16.0. The molecule has 0 bridgehead atoms. The minimum Gasteiger partial charge on any atom is -0.289 e. The number of rotatable bonds is 4. The van der Waals surface area contributed by atoms with Gasteiger partial charge in [-0.15, -0.1) is 0 Å². The van der Waals surface area contributed by atoms with E-state index in [0.29, 0.717) is 11.1 Å². The fourth-order valence-electron chi connectivity index (χ4n) is 1.80. The van der Waals surface area contributed by atoms with Crippen LogP contribution in [-0.2, 0) is 6.18 Å². The third-order valence-corrected chi connectivity index (χ3v) is 3.08. The van der Waals surface area contributed by atoms with Gasteiger partial charge in [-0.25, -0.2) is 0 Å². The molecule has 1 aromatic carbocycles. The van der Waals surface area contributed by atoms with E-state index in [-0.39, 0.29) is 11.8 Å². The van der Waals surface area contributed by atoms with Crippen LogP contribution in [0.25, 0.3) is 6.08 Å². The second-order valence-electron chi connectivity index (χ2n) is 5.12. The Morgan fingerprint density at radius 3 is 2.36 bits per heavy atom. The molecule has 0 fully saturated rings. The van der Waals surface area contributed by atoms with Crippen molar-refractivity contribution < 1.29 is 18.0 Å². The first-order chi connectivity index (χ1) is 10.3. The van der Waals surface area contributed by atoms with Gasteiger partial charge in [0.05, 0.1) is 17.3 Å². The monoisotopic (exact) mass is 308 g/mol. The molecule has 3 nitrogen and oxygen atoms in total. The number of aromatic nitrogens is 2. The molecule has 116 valence electrons. The minimum absolute atomic E-state index is 0.153. The van der Waals surface area contributed by atoms with Crippen molar-refractivity contribution in [3.63, 3.8) is 0 Å². The normalized spacial score (nSPS) is 12.3. The smallest absolute Gasteiger partial charge is 0.289 e. The molecule has 1 aromatic heterocycles. The predicted molar refractivity (Wildman–Crippen MR) is 77.4 cm³/mol. The van der Waals surface area contributed by atoms with E-state index in [4.69, 9.17) is 0 Å². The molecular weight excluding hydrogens is 293 g/mol. The van der Waals surface area contributed by atoms with E-state index in [1.54, 1.807) is 10.9 Å². The van der Waals surface area contributed by atoms with Gasteiger partial charge in [0.15, 0.2) is 5.78 Å². The van der Waals surface area contributed by atoms with Gasteiger partial charge in [-0.1, -0.05) is 18.2 Å². The average Bonchev–Trinajstić information content (AvgIpc) is 2.94. The summed E-state index contributed by atoms with van der Waals surface area (Å²) in [5.74, 6) is -0.244. The fraction of sp³-hybridized carbons (Fsp3) is 0.250. The molecule has 0 aliphatic rings. The maximum Gasteiger partial charge on any atom is 0.416 e. The molecule has 6 heteroatoms. The van der Waals surface area contributed by atoms with E-state index in [1.807, 2.05) is 13.8 Å². The van der Waals surface area contributed by atoms with Crippen molar-refractivity contribution in [1.29, 1.82) is 0 Å². The first-order valence-corrected chi connectivity index (χ1v) is 6.71. The molecule has 22 heavy (non-hydrogen) atoms. The zero-order valence-electron chi connectivity index (χ0n) is 12.1. The van der Waals surface area contributed by atoms with Crippen molar-refractivity contribution in [3.05, 3.63) is 59.4 Å². The van der Waals surface area contributed by atoms with Crippen molar-refractivity contribution in [2.24, 2.45) is 0 Å². The number of hydrogen-bond donors (Lipinski definition) is 0. The number of ketones is 1. The number of carbonyl (C=O) groups excluding carboxylic acids is 1. The molecule has 0 spiro atoms. The maximum absolute atomic E-state index is 12.4. The summed E-state index contributed by atoms with van der Waals surface area (Å²) in [4.78, 5) is 12.0. The van der Waals surface area contributed by atoms with Gasteiger partial charge >= 0.3 is 6.18 Å². The molecule has 2 rings (SSSR count). The number of halogens is 3. The summed E-state index contributed by atoms with van der Waals surface area (Å²) in [5.41, 5.74) is 0.253. The Morgan fingerprint density at radius 1 is 1.23 bits per heavy atom. The second-order valence-corrected chi connectivity index (χ2v) is 5.12. The van der Waals surface area contributed by atoms with E-state index in [1.165, 1.54) is 30.5 Å². The minimum atomic E-state index is -4.36. The van der Waals surface area contributed by atoms with Crippen LogP contribution in [0.2, 0.25) is 0 Å². The lowest BCUT2D eigenvalue weighted by Gasteiger charge is -2.05. The third-order valence-electron chi connectivity index (χ3n) is 3.08. The molecular formula is C16H15F3N2O. The lowest BCUT2D eigenvalue weighted by molar-refractivity contribution is -0.137. The van der Waals surface area contributed by atoms with Gasteiger partial charge in [-0.3, -0.25) is 9.48 Å². The summed E-state index contributed by atoms with van der Waals surface area (Å²) in [6.45, 7) is 3.89. The van der Waals surface area contributed by atoms with Crippen LogP contribution in [0.5, 0.6) is 0 Å². The molecule has 0 radical (unpaired) electrons. The Kier molecular flexibility index (Phi) is 4.49. The Balaban J connectivity index is 2.09. The zero-order chi connectivity index (χ0) is 16.3. The number of nitrogens with zero attached hydrogens (tertiary/aromatic N) is 2. The van der Waals surface area contributed by atoms with Gasteiger partial charge < -0.3 is 0 Å². The van der Waals surface area contributed by atoms with Crippen LogP contribution in [0.1, 0.15) is 41.4 Å². The Morgan fingerprint density at radius 2 is 1.86 bits per heavy atom. The molecule has 0 amide bonds. The van der Waals surface area contributed by atoms with Crippen LogP contribution in [0, 0.1) is 0 Å². The number of benzene rings is 1. The molecule has 0 unspecified atom stereocenters. The average molecular weight is 308 g/mol. The second kappa shape index (κ2) is 6.17. The fourth-order valence-corrected chi connectivity index (χ4v) is 1.80. The highest BCUT2D eigenvalue weighted by Crippen LogP contribution is 2.29. The molecule has 0 N–H and O–H groups in total. The van der Waals surface area contributed by atoms with Crippen molar-refractivity contribution in [2.45, 2.75) is 26.1 Å². The Hall–Kier alpha value is -2.37. The van der Waals surface area contributed by atoms with E-state index in [0.717, 1.165) is 12.1 Å². The van der Waals surface area contributed by atoms with Gasteiger partial charge in [0, 0.05) is 12.2 Å². The molecule has 0 atom stereocenters. The van der Waals surface area contributed by atoms with Gasteiger partial charge in [0.25, 0.3) is 0 Å². The van der Waals surface area contributed by atoms with Crippen LogP contribution in [0.3, 0.4) is 0 Å². The van der Waals surface area contributed by atoms with Crippen molar-refractivity contribution in [3.8, 4) is 0 Å². The molecule has 1 heterocycles. The predicted octanol–water partition coefficient (Wildman–Crippen LogP) is 4.38. The van der Waals surface area contributed by atoms with E-state index >= 15 is 0 Å². The molecule has 0 saturated heterocycles. The van der Waals surface area contributed by atoms with Gasteiger partial charge in [0.2, 0.25) is 0 Å².